The van der Waals surface area contributed by atoms with Gasteiger partial charge in [0.2, 0.25) is 0 Å². The zero-order valence-electron chi connectivity index (χ0n) is 24.5. The van der Waals surface area contributed by atoms with Gasteiger partial charge < -0.3 is 9.47 Å². The molecule has 0 aliphatic heterocycles. The van der Waals surface area contributed by atoms with Gasteiger partial charge in [-0.15, -0.1) is 0 Å². The van der Waals surface area contributed by atoms with Crippen LogP contribution in [0.3, 0.4) is 0 Å². The first-order chi connectivity index (χ1) is 20.2. The molecule has 5 aromatic rings. The van der Waals surface area contributed by atoms with Gasteiger partial charge in [-0.3, -0.25) is 4.98 Å². The number of hydrogen-bond donors (Lipinski definition) is 0. The van der Waals surface area contributed by atoms with E-state index in [1.54, 1.807) is 0 Å². The summed E-state index contributed by atoms with van der Waals surface area (Å²) in [7, 11) is 0. The van der Waals surface area contributed by atoms with Gasteiger partial charge in [0, 0.05) is 18.2 Å². The molecular formula is C36H35N3O3. The Kier molecular flexibility index (Phi) is 8.72. The van der Waals surface area contributed by atoms with E-state index >= 15 is 0 Å². The number of benzene rings is 3. The third kappa shape index (κ3) is 7.67. The fourth-order valence-corrected chi connectivity index (χ4v) is 4.57. The highest BCUT2D eigenvalue weighted by Crippen LogP contribution is 2.26. The van der Waals surface area contributed by atoms with Crippen molar-refractivity contribution in [1.29, 1.82) is 0 Å². The topological polar surface area (TPSA) is 74.2 Å². The minimum absolute atomic E-state index is 0.139. The minimum atomic E-state index is -0.670. The van der Waals surface area contributed by atoms with E-state index in [9.17, 15) is 4.79 Å². The van der Waals surface area contributed by atoms with Crippen LogP contribution in [-0.2, 0) is 24.2 Å². The Morgan fingerprint density at radius 3 is 1.95 bits per heavy atom. The number of pyridine rings is 1. The molecule has 0 amide bonds. The smallest absolute Gasteiger partial charge is 0.361 e. The van der Waals surface area contributed by atoms with Crippen LogP contribution in [0.5, 0.6) is 5.75 Å². The summed E-state index contributed by atoms with van der Waals surface area (Å²) in [5.41, 5.74) is 6.44. The van der Waals surface area contributed by atoms with E-state index in [1.807, 2.05) is 94.6 Å². The van der Waals surface area contributed by atoms with Gasteiger partial charge in [-0.1, -0.05) is 91.0 Å². The van der Waals surface area contributed by atoms with E-state index in [2.05, 4.69) is 51.4 Å². The molecule has 0 bridgehead atoms. The number of nitrogens with zero attached hydrogens (tertiary/aromatic N) is 3. The Hall–Kier alpha value is -4.84. The van der Waals surface area contributed by atoms with Gasteiger partial charge in [0.25, 0.3) is 0 Å². The minimum Gasteiger partial charge on any atom is -0.484 e. The predicted molar refractivity (Wildman–Crippen MR) is 164 cm³/mol. The van der Waals surface area contributed by atoms with Gasteiger partial charge in [-0.25, -0.2) is 14.8 Å². The van der Waals surface area contributed by atoms with Crippen molar-refractivity contribution in [1.82, 2.24) is 15.0 Å². The van der Waals surface area contributed by atoms with Crippen LogP contribution in [0.4, 0.5) is 0 Å². The largest absolute Gasteiger partial charge is 0.484 e. The summed E-state index contributed by atoms with van der Waals surface area (Å²) in [6.07, 6.45) is 3.25. The van der Waals surface area contributed by atoms with Crippen LogP contribution in [0.1, 0.15) is 65.0 Å². The molecular weight excluding hydrogens is 522 g/mol. The van der Waals surface area contributed by atoms with E-state index < -0.39 is 11.6 Å². The average molecular weight is 558 g/mol. The first kappa shape index (κ1) is 28.7. The Morgan fingerprint density at radius 1 is 0.714 bits per heavy atom. The summed E-state index contributed by atoms with van der Waals surface area (Å²) >= 11 is 0. The molecule has 0 aliphatic carbocycles. The fourth-order valence-electron chi connectivity index (χ4n) is 4.57. The van der Waals surface area contributed by atoms with Crippen LogP contribution in [0, 0.1) is 6.92 Å². The molecule has 6 nitrogen and oxygen atoms in total. The number of ether oxygens (including phenoxy) is 2. The molecule has 0 fully saturated rings. The Bertz CT molecular complexity index is 1630. The molecule has 212 valence electrons. The standard InChI is InChI=1S/C36H35N3O3/c1-25-34(41-24-28-13-9-6-10-14-28)33(35(40)42-36(2,3)4)39-32(38-25)22-27-15-18-30(19-16-27)31-20-17-29(23-37-31)21-26-11-7-5-8-12-26/h5-20,23H,21-22,24H2,1-4H3. The molecule has 0 saturated heterocycles. The average Bonchev–Trinajstić information content (AvgIpc) is 2.97. The summed E-state index contributed by atoms with van der Waals surface area (Å²) in [6.45, 7) is 7.62. The van der Waals surface area contributed by atoms with Crippen molar-refractivity contribution < 1.29 is 14.3 Å². The third-order valence-electron chi connectivity index (χ3n) is 6.59. The van der Waals surface area contributed by atoms with Crippen LogP contribution in [-0.4, -0.2) is 26.5 Å². The van der Waals surface area contributed by atoms with Crippen LogP contribution >= 0.6 is 0 Å². The zero-order chi connectivity index (χ0) is 29.5. The normalized spacial score (nSPS) is 11.2. The van der Waals surface area contributed by atoms with E-state index in [-0.39, 0.29) is 5.69 Å². The molecule has 2 heterocycles. The molecule has 5 rings (SSSR count). The molecule has 0 radical (unpaired) electrons. The lowest BCUT2D eigenvalue weighted by Crippen LogP contribution is -2.25. The summed E-state index contributed by atoms with van der Waals surface area (Å²) in [5.74, 6) is 0.333. The molecule has 42 heavy (non-hydrogen) atoms. The maximum Gasteiger partial charge on any atom is 0.361 e. The second-order valence-corrected chi connectivity index (χ2v) is 11.3. The molecule has 3 aromatic carbocycles. The number of carbonyl (C=O) groups excluding carboxylic acids is 1. The first-order valence-electron chi connectivity index (χ1n) is 14.1. The Morgan fingerprint density at radius 2 is 1.33 bits per heavy atom. The molecule has 0 aliphatic rings. The van der Waals surface area contributed by atoms with Gasteiger partial charge in [0.1, 0.15) is 18.0 Å². The quantitative estimate of drug-likeness (QED) is 0.174. The maximum absolute atomic E-state index is 13.2. The lowest BCUT2D eigenvalue weighted by atomic mass is 10.0. The van der Waals surface area contributed by atoms with Gasteiger partial charge >= 0.3 is 5.97 Å². The van der Waals surface area contributed by atoms with Gasteiger partial charge in [0.15, 0.2) is 11.4 Å². The summed E-state index contributed by atoms with van der Waals surface area (Å²) in [5, 5.41) is 0. The first-order valence-corrected chi connectivity index (χ1v) is 14.1. The number of carbonyl (C=O) groups is 1. The van der Waals surface area contributed by atoms with Crippen LogP contribution in [0.15, 0.2) is 103 Å². The van der Waals surface area contributed by atoms with Crippen molar-refractivity contribution in [2.45, 2.75) is 52.7 Å². The van der Waals surface area contributed by atoms with E-state index in [4.69, 9.17) is 9.47 Å². The zero-order valence-corrected chi connectivity index (χ0v) is 24.5. The monoisotopic (exact) mass is 557 g/mol. The molecule has 0 saturated carbocycles. The van der Waals surface area contributed by atoms with Crippen LogP contribution < -0.4 is 4.74 Å². The van der Waals surface area contributed by atoms with Crippen LogP contribution in [0.25, 0.3) is 11.3 Å². The molecule has 0 atom stereocenters. The predicted octanol–water partition coefficient (Wildman–Crippen LogP) is 7.56. The third-order valence-corrected chi connectivity index (χ3v) is 6.59. The number of hydrogen-bond acceptors (Lipinski definition) is 6. The highest BCUT2D eigenvalue weighted by atomic mass is 16.6. The number of aryl methyl sites for hydroxylation is 1. The molecule has 2 aromatic heterocycles. The summed E-state index contributed by atoms with van der Waals surface area (Å²) < 4.78 is 11.7. The lowest BCUT2D eigenvalue weighted by Gasteiger charge is -2.21. The van der Waals surface area contributed by atoms with Gasteiger partial charge in [0.05, 0.1) is 11.4 Å². The highest BCUT2D eigenvalue weighted by molar-refractivity contribution is 5.91. The van der Waals surface area contributed by atoms with Crippen molar-refractivity contribution in [2.75, 3.05) is 0 Å². The number of aromatic nitrogens is 3. The fraction of sp³-hybridized carbons (Fsp3) is 0.222. The Balaban J connectivity index is 1.32. The van der Waals surface area contributed by atoms with Crippen molar-refractivity contribution >= 4 is 5.97 Å². The maximum atomic E-state index is 13.2. The second kappa shape index (κ2) is 12.8. The number of esters is 1. The van der Waals surface area contributed by atoms with Gasteiger partial charge in [-0.05, 0) is 62.4 Å². The second-order valence-electron chi connectivity index (χ2n) is 11.3. The molecule has 0 N–H and O–H groups in total. The van der Waals surface area contributed by atoms with Crippen LogP contribution in [0.2, 0.25) is 0 Å². The summed E-state index contributed by atoms with van der Waals surface area (Å²) in [4.78, 5) is 27.2. The lowest BCUT2D eigenvalue weighted by molar-refractivity contribution is 0.00573. The van der Waals surface area contributed by atoms with E-state index in [0.29, 0.717) is 30.3 Å². The van der Waals surface area contributed by atoms with Crippen molar-refractivity contribution in [3.8, 4) is 17.0 Å². The summed E-state index contributed by atoms with van der Waals surface area (Å²) in [6, 6.07) is 32.5. The van der Waals surface area contributed by atoms with Crippen molar-refractivity contribution in [3.63, 3.8) is 0 Å². The highest BCUT2D eigenvalue weighted by Gasteiger charge is 2.25. The van der Waals surface area contributed by atoms with E-state index in [0.717, 1.165) is 28.8 Å². The van der Waals surface area contributed by atoms with Crippen molar-refractivity contribution in [2.24, 2.45) is 0 Å². The molecule has 6 heteroatoms. The molecule has 0 unspecified atom stereocenters. The Labute approximate surface area is 247 Å². The SMILES string of the molecule is Cc1nc(Cc2ccc(-c3ccc(Cc4ccccc4)cn3)cc2)nc(C(=O)OC(C)(C)C)c1OCc1ccccc1. The number of rotatable bonds is 9. The van der Waals surface area contributed by atoms with Gasteiger partial charge in [-0.2, -0.15) is 0 Å². The molecule has 0 spiro atoms. The van der Waals surface area contributed by atoms with E-state index in [1.165, 1.54) is 11.1 Å². The van der Waals surface area contributed by atoms with Crippen molar-refractivity contribution in [3.05, 3.63) is 143 Å².